The average Bonchev–Trinajstić information content (AvgIpc) is 2.39. The molecule has 87 valence electrons. The van der Waals surface area contributed by atoms with Crippen LogP contribution < -0.4 is 14.2 Å². The summed E-state index contributed by atoms with van der Waals surface area (Å²) in [6, 6.07) is 8.76. The van der Waals surface area contributed by atoms with E-state index in [1.165, 1.54) is 0 Å². The molecule has 0 bridgehead atoms. The maximum absolute atomic E-state index is 5.63. The lowest BCUT2D eigenvalue weighted by Gasteiger charge is -2.09. The Kier molecular flexibility index (Phi) is 3.45. The van der Waals surface area contributed by atoms with Gasteiger partial charge >= 0.3 is 0 Å². The van der Waals surface area contributed by atoms with Gasteiger partial charge in [0.25, 0.3) is 0 Å². The van der Waals surface area contributed by atoms with Crippen LogP contribution in [0.1, 0.15) is 0 Å². The van der Waals surface area contributed by atoms with Crippen LogP contribution in [0, 0.1) is 6.20 Å². The Morgan fingerprint density at radius 2 is 1.59 bits per heavy atom. The van der Waals surface area contributed by atoms with E-state index in [-0.39, 0.29) is 0 Å². The highest BCUT2D eigenvalue weighted by Crippen LogP contribution is 2.30. The van der Waals surface area contributed by atoms with Crippen molar-refractivity contribution in [3.05, 3.63) is 42.7 Å². The van der Waals surface area contributed by atoms with E-state index in [1.807, 2.05) is 0 Å². The van der Waals surface area contributed by atoms with E-state index in [0.717, 1.165) is 0 Å². The van der Waals surface area contributed by atoms with Crippen molar-refractivity contribution < 1.29 is 14.2 Å². The molecule has 1 radical (unpaired) electrons. The maximum atomic E-state index is 5.63. The predicted octanol–water partition coefficient (Wildman–Crippen LogP) is 2.69. The Bertz CT molecular complexity index is 463. The fourth-order valence-electron chi connectivity index (χ4n) is 1.34. The van der Waals surface area contributed by atoms with Gasteiger partial charge in [0, 0.05) is 30.5 Å². The smallest absolute Gasteiger partial charge is 0.134 e. The Morgan fingerprint density at radius 3 is 2.12 bits per heavy atom. The Hall–Kier alpha value is -2.23. The molecular weight excluding hydrogens is 218 g/mol. The average molecular weight is 230 g/mol. The highest BCUT2D eigenvalue weighted by Gasteiger charge is 2.03. The summed E-state index contributed by atoms with van der Waals surface area (Å²) in [7, 11) is 3.19. The first-order valence-electron chi connectivity index (χ1n) is 5.05. The van der Waals surface area contributed by atoms with Crippen LogP contribution in [0.15, 0.2) is 36.5 Å². The first-order valence-corrected chi connectivity index (χ1v) is 5.05. The second-order valence-electron chi connectivity index (χ2n) is 3.27. The van der Waals surface area contributed by atoms with E-state index in [0.29, 0.717) is 23.0 Å². The fourth-order valence-corrected chi connectivity index (χ4v) is 1.34. The molecule has 0 aliphatic heterocycles. The SMILES string of the molecule is COc1cc(OC)cc(Oc2c[c]ncc2)c1. The van der Waals surface area contributed by atoms with Crippen LogP contribution in [0.2, 0.25) is 0 Å². The zero-order valence-electron chi connectivity index (χ0n) is 9.64. The number of hydrogen-bond donors (Lipinski definition) is 0. The van der Waals surface area contributed by atoms with Gasteiger partial charge < -0.3 is 14.2 Å². The Labute approximate surface area is 99.8 Å². The lowest BCUT2D eigenvalue weighted by molar-refractivity contribution is 0.386. The van der Waals surface area contributed by atoms with Crippen LogP contribution in [0.5, 0.6) is 23.0 Å². The first kappa shape index (κ1) is 11.3. The summed E-state index contributed by atoms with van der Waals surface area (Å²) in [5, 5.41) is 0. The molecule has 4 heteroatoms. The molecule has 0 aliphatic carbocycles. The van der Waals surface area contributed by atoms with Crippen molar-refractivity contribution in [3.63, 3.8) is 0 Å². The van der Waals surface area contributed by atoms with Gasteiger partial charge in [-0.25, -0.2) is 0 Å². The van der Waals surface area contributed by atoms with Gasteiger partial charge in [0.1, 0.15) is 23.0 Å². The van der Waals surface area contributed by atoms with Crippen LogP contribution >= 0.6 is 0 Å². The van der Waals surface area contributed by atoms with Crippen molar-refractivity contribution in [1.82, 2.24) is 4.98 Å². The van der Waals surface area contributed by atoms with Crippen molar-refractivity contribution in [2.24, 2.45) is 0 Å². The van der Waals surface area contributed by atoms with Crippen molar-refractivity contribution in [3.8, 4) is 23.0 Å². The highest BCUT2D eigenvalue weighted by molar-refractivity contribution is 5.43. The lowest BCUT2D eigenvalue weighted by atomic mass is 10.3. The summed E-state index contributed by atoms with van der Waals surface area (Å²) >= 11 is 0. The number of methoxy groups -OCH3 is 2. The number of aromatic nitrogens is 1. The molecule has 0 unspecified atom stereocenters. The van der Waals surface area contributed by atoms with Crippen LogP contribution in [0.4, 0.5) is 0 Å². The molecule has 2 aromatic rings. The van der Waals surface area contributed by atoms with Gasteiger partial charge in [-0.2, -0.15) is 0 Å². The molecule has 1 aromatic heterocycles. The Balaban J connectivity index is 2.26. The number of benzene rings is 1. The van der Waals surface area contributed by atoms with Crippen molar-refractivity contribution in [2.45, 2.75) is 0 Å². The molecular formula is C13H12NO3. The minimum Gasteiger partial charge on any atom is -0.496 e. The standard InChI is InChI=1S/C13H12NO3/c1-15-11-7-12(16-2)9-13(8-11)17-10-3-5-14-6-4-10/h3-5,7-9H,1-2H3. The van der Waals surface area contributed by atoms with E-state index in [4.69, 9.17) is 14.2 Å². The molecule has 4 nitrogen and oxygen atoms in total. The number of hydrogen-bond acceptors (Lipinski definition) is 4. The second kappa shape index (κ2) is 5.21. The van der Waals surface area contributed by atoms with Gasteiger partial charge in [0.15, 0.2) is 0 Å². The van der Waals surface area contributed by atoms with E-state index >= 15 is 0 Å². The van der Waals surface area contributed by atoms with Crippen LogP contribution in [-0.4, -0.2) is 19.2 Å². The van der Waals surface area contributed by atoms with Gasteiger partial charge in [-0.3, -0.25) is 4.98 Å². The summed E-state index contributed by atoms with van der Waals surface area (Å²) in [4.78, 5) is 3.80. The summed E-state index contributed by atoms with van der Waals surface area (Å²) in [5.41, 5.74) is 0. The highest BCUT2D eigenvalue weighted by atomic mass is 16.5. The molecule has 0 saturated heterocycles. The largest absolute Gasteiger partial charge is 0.496 e. The van der Waals surface area contributed by atoms with Gasteiger partial charge in [0.05, 0.1) is 20.4 Å². The molecule has 17 heavy (non-hydrogen) atoms. The number of nitrogens with zero attached hydrogens (tertiary/aromatic N) is 1. The van der Waals surface area contributed by atoms with Crippen LogP contribution in [-0.2, 0) is 0 Å². The maximum Gasteiger partial charge on any atom is 0.134 e. The second-order valence-corrected chi connectivity index (χ2v) is 3.27. The third kappa shape index (κ3) is 2.87. The molecule has 2 rings (SSSR count). The molecule has 0 aliphatic rings. The van der Waals surface area contributed by atoms with Crippen molar-refractivity contribution in [2.75, 3.05) is 14.2 Å². The summed E-state index contributed by atoms with van der Waals surface area (Å²) < 4.78 is 15.9. The van der Waals surface area contributed by atoms with Gasteiger partial charge in [-0.05, 0) is 6.07 Å². The zero-order chi connectivity index (χ0) is 12.1. The summed E-state index contributed by atoms with van der Waals surface area (Å²) in [6.07, 6.45) is 4.32. The van der Waals surface area contributed by atoms with Crippen LogP contribution in [0.3, 0.4) is 0 Å². The normalized spacial score (nSPS) is 9.76. The van der Waals surface area contributed by atoms with Gasteiger partial charge in [0.2, 0.25) is 0 Å². The minimum atomic E-state index is 0.640. The zero-order valence-corrected chi connectivity index (χ0v) is 9.64. The minimum absolute atomic E-state index is 0.640. The molecule has 0 N–H and O–H groups in total. The first-order chi connectivity index (χ1) is 8.31. The van der Waals surface area contributed by atoms with E-state index in [1.54, 1.807) is 50.7 Å². The molecule has 0 amide bonds. The van der Waals surface area contributed by atoms with Gasteiger partial charge in [-0.15, -0.1) is 0 Å². The molecule has 0 atom stereocenters. The topological polar surface area (TPSA) is 40.6 Å². The van der Waals surface area contributed by atoms with Crippen LogP contribution in [0.25, 0.3) is 0 Å². The molecule has 1 aromatic carbocycles. The Morgan fingerprint density at radius 1 is 0.941 bits per heavy atom. The molecule has 0 fully saturated rings. The third-order valence-electron chi connectivity index (χ3n) is 2.16. The molecule has 0 saturated carbocycles. The van der Waals surface area contributed by atoms with E-state index in [2.05, 4.69) is 11.2 Å². The van der Waals surface area contributed by atoms with E-state index < -0.39 is 0 Å². The van der Waals surface area contributed by atoms with Crippen molar-refractivity contribution in [1.29, 1.82) is 0 Å². The number of pyridine rings is 1. The predicted molar refractivity (Wildman–Crippen MR) is 62.7 cm³/mol. The number of ether oxygens (including phenoxy) is 3. The van der Waals surface area contributed by atoms with Crippen molar-refractivity contribution >= 4 is 0 Å². The lowest BCUT2D eigenvalue weighted by Crippen LogP contribution is -1.90. The summed E-state index contributed by atoms with van der Waals surface area (Å²) in [6.45, 7) is 0. The fraction of sp³-hybridized carbons (Fsp3) is 0.154. The molecule has 1 heterocycles. The number of rotatable bonds is 4. The van der Waals surface area contributed by atoms with E-state index in [9.17, 15) is 0 Å². The van der Waals surface area contributed by atoms with Gasteiger partial charge in [-0.1, -0.05) is 0 Å². The quantitative estimate of drug-likeness (QED) is 0.809. The third-order valence-corrected chi connectivity index (χ3v) is 2.16. The summed E-state index contributed by atoms with van der Waals surface area (Å²) in [5.74, 6) is 2.66. The monoisotopic (exact) mass is 230 g/mol. The molecule has 0 spiro atoms.